The molecule has 5 nitrogen and oxygen atoms in total. The normalized spacial score (nSPS) is 14.3. The minimum atomic E-state index is -0.0508. The van der Waals surface area contributed by atoms with Gasteiger partial charge in [0.15, 0.2) is 0 Å². The molecule has 3 heterocycles. The molecule has 0 N–H and O–H groups in total. The van der Waals surface area contributed by atoms with Crippen LogP contribution in [0, 0.1) is 0 Å². The highest BCUT2D eigenvalue weighted by Gasteiger charge is 2.32. The Bertz CT molecular complexity index is 882. The largest absolute Gasteiger partial charge is 0.356 e. The standard InChI is InChI=1S/C21H24N4O/c1-21(2,3)19-18-14-26-15-24(13-16-8-7-11-22-12-16)20(18)25(23-19)17-9-5-4-6-10-17/h4-12H,13-15H2,1-3H3. The Kier molecular flexibility index (Phi) is 4.24. The first-order valence-electron chi connectivity index (χ1n) is 8.93. The molecule has 1 aliphatic rings. The van der Waals surface area contributed by atoms with Crippen LogP contribution in [0.15, 0.2) is 54.9 Å². The summed E-state index contributed by atoms with van der Waals surface area (Å²) in [5.74, 6) is 1.12. The highest BCUT2D eigenvalue weighted by atomic mass is 16.5. The molecule has 2 aromatic heterocycles. The van der Waals surface area contributed by atoms with Gasteiger partial charge in [0.05, 0.1) is 18.0 Å². The molecule has 3 aromatic rings. The SMILES string of the molecule is CC(C)(C)c1nn(-c2ccccc2)c2c1COCN2Cc1cccnc1. The van der Waals surface area contributed by atoms with Crippen molar-refractivity contribution in [2.24, 2.45) is 0 Å². The van der Waals surface area contributed by atoms with E-state index in [-0.39, 0.29) is 5.41 Å². The van der Waals surface area contributed by atoms with Crippen molar-refractivity contribution in [1.82, 2.24) is 14.8 Å². The van der Waals surface area contributed by atoms with Gasteiger partial charge in [0, 0.05) is 29.9 Å². The topological polar surface area (TPSA) is 43.2 Å². The van der Waals surface area contributed by atoms with Gasteiger partial charge < -0.3 is 9.64 Å². The summed E-state index contributed by atoms with van der Waals surface area (Å²) in [6, 6.07) is 14.4. The van der Waals surface area contributed by atoms with Gasteiger partial charge in [-0.25, -0.2) is 4.68 Å². The first kappa shape index (κ1) is 16.8. The zero-order valence-corrected chi connectivity index (χ0v) is 15.5. The van der Waals surface area contributed by atoms with E-state index in [1.165, 1.54) is 5.56 Å². The Morgan fingerprint density at radius 2 is 1.88 bits per heavy atom. The van der Waals surface area contributed by atoms with Gasteiger partial charge >= 0.3 is 0 Å². The lowest BCUT2D eigenvalue weighted by atomic mass is 9.89. The van der Waals surface area contributed by atoms with Gasteiger partial charge in [0.25, 0.3) is 0 Å². The van der Waals surface area contributed by atoms with Gasteiger partial charge in [-0.2, -0.15) is 5.10 Å². The molecule has 4 rings (SSSR count). The van der Waals surface area contributed by atoms with Gasteiger partial charge in [0.1, 0.15) is 12.5 Å². The molecule has 5 heteroatoms. The van der Waals surface area contributed by atoms with Crippen LogP contribution in [-0.4, -0.2) is 21.5 Å². The van der Waals surface area contributed by atoms with Crippen LogP contribution < -0.4 is 4.90 Å². The third-order valence-corrected chi connectivity index (χ3v) is 4.56. The average molecular weight is 348 g/mol. The van der Waals surface area contributed by atoms with Crippen molar-refractivity contribution >= 4 is 5.82 Å². The quantitative estimate of drug-likeness (QED) is 0.716. The van der Waals surface area contributed by atoms with Gasteiger partial charge in [0.2, 0.25) is 0 Å². The van der Waals surface area contributed by atoms with Gasteiger partial charge in [-0.15, -0.1) is 0 Å². The number of ether oxygens (including phenoxy) is 1. The number of anilines is 1. The van der Waals surface area contributed by atoms with Crippen LogP contribution in [0.5, 0.6) is 0 Å². The molecule has 1 aliphatic heterocycles. The van der Waals surface area contributed by atoms with Crippen LogP contribution in [-0.2, 0) is 23.3 Å². The zero-order chi connectivity index (χ0) is 18.1. The van der Waals surface area contributed by atoms with Crippen LogP contribution in [0.3, 0.4) is 0 Å². The number of nitrogens with zero attached hydrogens (tertiary/aromatic N) is 4. The molecule has 0 saturated carbocycles. The van der Waals surface area contributed by atoms with Crippen LogP contribution >= 0.6 is 0 Å². The smallest absolute Gasteiger partial charge is 0.140 e. The number of pyridine rings is 1. The van der Waals surface area contributed by atoms with Crippen LogP contribution in [0.4, 0.5) is 5.82 Å². The maximum absolute atomic E-state index is 5.92. The minimum absolute atomic E-state index is 0.0508. The minimum Gasteiger partial charge on any atom is -0.356 e. The fourth-order valence-electron chi connectivity index (χ4n) is 3.40. The molecular formula is C21H24N4O. The van der Waals surface area contributed by atoms with Gasteiger partial charge in [-0.3, -0.25) is 4.98 Å². The molecule has 0 amide bonds. The predicted octanol–water partition coefficient (Wildman–Crippen LogP) is 4.06. The van der Waals surface area contributed by atoms with Crippen LogP contribution in [0.25, 0.3) is 5.69 Å². The van der Waals surface area contributed by atoms with Crippen molar-refractivity contribution in [3.05, 3.63) is 71.7 Å². The Hall–Kier alpha value is -2.66. The van der Waals surface area contributed by atoms with E-state index in [9.17, 15) is 0 Å². The molecule has 26 heavy (non-hydrogen) atoms. The lowest BCUT2D eigenvalue weighted by Gasteiger charge is -2.31. The van der Waals surface area contributed by atoms with E-state index in [2.05, 4.69) is 53.5 Å². The molecule has 134 valence electrons. The van der Waals surface area contributed by atoms with E-state index in [0.717, 1.165) is 29.3 Å². The van der Waals surface area contributed by atoms with Gasteiger partial charge in [-0.05, 0) is 23.8 Å². The number of benzene rings is 1. The first-order valence-corrected chi connectivity index (χ1v) is 8.93. The van der Waals surface area contributed by atoms with E-state index in [0.29, 0.717) is 13.3 Å². The number of hydrogen-bond donors (Lipinski definition) is 0. The Morgan fingerprint density at radius 1 is 1.08 bits per heavy atom. The fourth-order valence-corrected chi connectivity index (χ4v) is 3.40. The highest BCUT2D eigenvalue weighted by Crippen LogP contribution is 2.37. The predicted molar refractivity (Wildman–Crippen MR) is 102 cm³/mol. The van der Waals surface area contributed by atoms with Crippen molar-refractivity contribution in [2.75, 3.05) is 11.6 Å². The molecule has 0 radical (unpaired) electrons. The highest BCUT2D eigenvalue weighted by molar-refractivity contribution is 5.57. The molecule has 0 fully saturated rings. The second-order valence-electron chi connectivity index (χ2n) is 7.68. The molecule has 0 saturated heterocycles. The van der Waals surface area contributed by atoms with Crippen LogP contribution in [0.2, 0.25) is 0 Å². The van der Waals surface area contributed by atoms with E-state index in [1.807, 2.05) is 30.5 Å². The number of para-hydroxylation sites is 1. The van der Waals surface area contributed by atoms with E-state index < -0.39 is 0 Å². The average Bonchev–Trinajstić information content (AvgIpc) is 3.04. The fraction of sp³-hybridized carbons (Fsp3) is 0.333. The molecule has 1 aromatic carbocycles. The van der Waals surface area contributed by atoms with E-state index in [4.69, 9.17) is 9.84 Å². The van der Waals surface area contributed by atoms with Crippen molar-refractivity contribution in [3.8, 4) is 5.69 Å². The summed E-state index contributed by atoms with van der Waals surface area (Å²) in [7, 11) is 0. The second kappa shape index (κ2) is 6.57. The second-order valence-corrected chi connectivity index (χ2v) is 7.68. The molecule has 0 aliphatic carbocycles. The Labute approximate surface area is 154 Å². The molecular weight excluding hydrogens is 324 g/mol. The maximum Gasteiger partial charge on any atom is 0.140 e. The summed E-state index contributed by atoms with van der Waals surface area (Å²) in [6.07, 6.45) is 3.70. The zero-order valence-electron chi connectivity index (χ0n) is 15.5. The number of rotatable bonds is 3. The maximum atomic E-state index is 5.92. The summed E-state index contributed by atoms with van der Waals surface area (Å²) in [4.78, 5) is 6.48. The van der Waals surface area contributed by atoms with E-state index >= 15 is 0 Å². The van der Waals surface area contributed by atoms with E-state index in [1.54, 1.807) is 6.20 Å². The summed E-state index contributed by atoms with van der Waals surface area (Å²) < 4.78 is 7.98. The summed E-state index contributed by atoms with van der Waals surface area (Å²) in [5, 5.41) is 5.00. The van der Waals surface area contributed by atoms with Gasteiger partial charge in [-0.1, -0.05) is 45.0 Å². The number of fused-ring (bicyclic) bond motifs is 1. The summed E-state index contributed by atoms with van der Waals surface area (Å²) >= 11 is 0. The van der Waals surface area contributed by atoms with Crippen molar-refractivity contribution in [1.29, 1.82) is 0 Å². The Morgan fingerprint density at radius 3 is 2.58 bits per heavy atom. The molecule has 0 spiro atoms. The third-order valence-electron chi connectivity index (χ3n) is 4.56. The van der Waals surface area contributed by atoms with Crippen LogP contribution in [0.1, 0.15) is 37.6 Å². The number of hydrogen-bond acceptors (Lipinski definition) is 4. The number of aromatic nitrogens is 3. The third kappa shape index (κ3) is 3.10. The Balaban J connectivity index is 1.84. The monoisotopic (exact) mass is 348 g/mol. The molecule has 0 atom stereocenters. The summed E-state index contributed by atoms with van der Waals surface area (Å²) in [6.45, 7) is 8.48. The molecule has 0 unspecified atom stereocenters. The lowest BCUT2D eigenvalue weighted by molar-refractivity contribution is 0.107. The van der Waals surface area contributed by atoms with Crippen molar-refractivity contribution < 1.29 is 4.74 Å². The first-order chi connectivity index (χ1) is 12.5. The lowest BCUT2D eigenvalue weighted by Crippen LogP contribution is -2.32. The summed E-state index contributed by atoms with van der Waals surface area (Å²) in [5.41, 5.74) is 4.44. The molecule has 0 bridgehead atoms. The van der Waals surface area contributed by atoms with Crippen molar-refractivity contribution in [3.63, 3.8) is 0 Å². The van der Waals surface area contributed by atoms with Crippen molar-refractivity contribution in [2.45, 2.75) is 39.3 Å².